The molecule has 1 aromatic heterocycles. The van der Waals surface area contributed by atoms with Crippen LogP contribution in [-0.2, 0) is 11.3 Å². The summed E-state index contributed by atoms with van der Waals surface area (Å²) in [4.78, 5) is 3.27. The molecule has 3 rings (SSSR count). The molecule has 102 valence electrons. The second kappa shape index (κ2) is 5.53. The van der Waals surface area contributed by atoms with Crippen molar-refractivity contribution in [2.24, 2.45) is 5.92 Å². The highest BCUT2D eigenvalue weighted by atomic mass is 35.5. The maximum absolute atomic E-state index is 5.98. The Bertz CT molecular complexity index is 566. The van der Waals surface area contributed by atoms with Gasteiger partial charge in [0.05, 0.1) is 6.10 Å². The van der Waals surface area contributed by atoms with Gasteiger partial charge in [-0.3, -0.25) is 0 Å². The number of halogens is 1. The van der Waals surface area contributed by atoms with Gasteiger partial charge in [-0.1, -0.05) is 17.7 Å². The zero-order chi connectivity index (χ0) is 13.2. The minimum absolute atomic E-state index is 0.384. The zero-order valence-corrected chi connectivity index (χ0v) is 11.8. The Labute approximate surface area is 118 Å². The Hall–Kier alpha value is -1.03. The number of hydrogen-bond acceptors (Lipinski definition) is 2. The SMILES string of the molecule is CC1OCCC1CNCc1c[nH]c2cc(Cl)ccc12. The molecule has 0 radical (unpaired) electrons. The van der Waals surface area contributed by atoms with Crippen molar-refractivity contribution in [3.05, 3.63) is 35.0 Å². The summed E-state index contributed by atoms with van der Waals surface area (Å²) in [6.45, 7) is 4.96. The van der Waals surface area contributed by atoms with E-state index in [4.69, 9.17) is 16.3 Å². The molecule has 0 spiro atoms. The third-order valence-corrected chi connectivity index (χ3v) is 4.22. The number of nitrogens with one attached hydrogen (secondary N) is 2. The minimum Gasteiger partial charge on any atom is -0.378 e. The van der Waals surface area contributed by atoms with Crippen LogP contribution < -0.4 is 5.32 Å². The Balaban J connectivity index is 1.62. The molecule has 2 N–H and O–H groups in total. The topological polar surface area (TPSA) is 37.0 Å². The molecule has 0 saturated carbocycles. The molecule has 1 aliphatic heterocycles. The molecule has 1 fully saturated rings. The van der Waals surface area contributed by atoms with Gasteiger partial charge in [-0.05, 0) is 37.0 Å². The van der Waals surface area contributed by atoms with E-state index in [9.17, 15) is 0 Å². The fraction of sp³-hybridized carbons (Fsp3) is 0.467. The second-order valence-corrected chi connectivity index (χ2v) is 5.70. The lowest BCUT2D eigenvalue weighted by Crippen LogP contribution is -2.26. The summed E-state index contributed by atoms with van der Waals surface area (Å²) < 4.78 is 5.58. The summed E-state index contributed by atoms with van der Waals surface area (Å²) in [6.07, 6.45) is 3.61. The number of benzene rings is 1. The van der Waals surface area contributed by atoms with E-state index < -0.39 is 0 Å². The third kappa shape index (κ3) is 2.78. The molecule has 1 aromatic carbocycles. The van der Waals surface area contributed by atoms with Crippen molar-refractivity contribution in [1.82, 2.24) is 10.3 Å². The average molecular weight is 279 g/mol. The molecular weight excluding hydrogens is 260 g/mol. The van der Waals surface area contributed by atoms with E-state index in [-0.39, 0.29) is 0 Å². The number of fused-ring (bicyclic) bond motifs is 1. The largest absolute Gasteiger partial charge is 0.378 e. The van der Waals surface area contributed by atoms with Crippen molar-refractivity contribution >= 4 is 22.5 Å². The van der Waals surface area contributed by atoms with Gasteiger partial charge in [0.25, 0.3) is 0 Å². The van der Waals surface area contributed by atoms with Crippen LogP contribution in [0.3, 0.4) is 0 Å². The first kappa shape index (κ1) is 13.0. The van der Waals surface area contributed by atoms with Gasteiger partial charge in [-0.2, -0.15) is 0 Å². The second-order valence-electron chi connectivity index (χ2n) is 5.26. The van der Waals surface area contributed by atoms with E-state index in [0.29, 0.717) is 12.0 Å². The van der Waals surface area contributed by atoms with Gasteiger partial charge in [-0.15, -0.1) is 0 Å². The molecule has 4 heteroatoms. The van der Waals surface area contributed by atoms with Crippen molar-refractivity contribution in [3.63, 3.8) is 0 Å². The summed E-state index contributed by atoms with van der Waals surface area (Å²) in [6, 6.07) is 5.98. The zero-order valence-electron chi connectivity index (χ0n) is 11.1. The highest BCUT2D eigenvalue weighted by Crippen LogP contribution is 2.23. The van der Waals surface area contributed by atoms with Crippen LogP contribution in [0.2, 0.25) is 5.02 Å². The predicted molar refractivity (Wildman–Crippen MR) is 78.5 cm³/mol. The van der Waals surface area contributed by atoms with E-state index >= 15 is 0 Å². The predicted octanol–water partition coefficient (Wildman–Crippen LogP) is 3.34. The van der Waals surface area contributed by atoms with E-state index in [0.717, 1.165) is 36.7 Å². The number of rotatable bonds is 4. The first-order chi connectivity index (χ1) is 9.24. The van der Waals surface area contributed by atoms with Gasteiger partial charge in [0.2, 0.25) is 0 Å². The van der Waals surface area contributed by atoms with E-state index in [1.807, 2.05) is 12.1 Å². The summed E-state index contributed by atoms with van der Waals surface area (Å²) in [7, 11) is 0. The van der Waals surface area contributed by atoms with Gasteiger partial charge < -0.3 is 15.0 Å². The van der Waals surface area contributed by atoms with E-state index in [1.165, 1.54) is 10.9 Å². The number of H-pyrrole nitrogens is 1. The van der Waals surface area contributed by atoms with E-state index in [2.05, 4.69) is 29.5 Å². The van der Waals surface area contributed by atoms with Crippen LogP contribution in [0.4, 0.5) is 0 Å². The molecule has 2 atom stereocenters. The monoisotopic (exact) mass is 278 g/mol. The summed E-state index contributed by atoms with van der Waals surface area (Å²) in [5.74, 6) is 0.639. The van der Waals surface area contributed by atoms with E-state index in [1.54, 1.807) is 0 Å². The highest BCUT2D eigenvalue weighted by Gasteiger charge is 2.23. The quantitative estimate of drug-likeness (QED) is 0.900. The van der Waals surface area contributed by atoms with Crippen LogP contribution in [0.25, 0.3) is 10.9 Å². The standard InChI is InChI=1S/C15H19ClN2O/c1-10-11(4-5-19-10)7-17-8-12-9-18-15-6-13(16)2-3-14(12)15/h2-3,6,9-11,17-18H,4-5,7-8H2,1H3. The molecule has 1 aliphatic rings. The van der Waals surface area contributed by atoms with Gasteiger partial charge in [0, 0.05) is 41.8 Å². The fourth-order valence-corrected chi connectivity index (χ4v) is 2.91. The Morgan fingerprint density at radius 1 is 1.47 bits per heavy atom. The third-order valence-electron chi connectivity index (χ3n) is 3.98. The number of aromatic nitrogens is 1. The van der Waals surface area contributed by atoms with Crippen LogP contribution in [-0.4, -0.2) is 24.2 Å². The molecule has 3 nitrogen and oxygen atoms in total. The molecule has 2 aromatic rings. The Morgan fingerprint density at radius 3 is 3.16 bits per heavy atom. The molecule has 2 heterocycles. The molecule has 2 unspecified atom stereocenters. The first-order valence-electron chi connectivity index (χ1n) is 6.82. The highest BCUT2D eigenvalue weighted by molar-refractivity contribution is 6.31. The lowest BCUT2D eigenvalue weighted by atomic mass is 10.0. The summed E-state index contributed by atoms with van der Waals surface area (Å²) in [5.41, 5.74) is 2.39. The fourth-order valence-electron chi connectivity index (χ4n) is 2.74. The van der Waals surface area contributed by atoms with Crippen LogP contribution >= 0.6 is 11.6 Å². The van der Waals surface area contributed by atoms with Crippen molar-refractivity contribution in [1.29, 1.82) is 0 Å². The number of aromatic amines is 1. The van der Waals surface area contributed by atoms with Gasteiger partial charge in [0.1, 0.15) is 0 Å². The van der Waals surface area contributed by atoms with Crippen LogP contribution in [0.1, 0.15) is 18.9 Å². The molecule has 1 saturated heterocycles. The molecular formula is C15H19ClN2O. The summed E-state index contributed by atoms with van der Waals surface area (Å²) >= 11 is 5.98. The lowest BCUT2D eigenvalue weighted by molar-refractivity contribution is 0.105. The van der Waals surface area contributed by atoms with Crippen LogP contribution in [0.15, 0.2) is 24.4 Å². The first-order valence-corrected chi connectivity index (χ1v) is 7.19. The number of ether oxygens (including phenoxy) is 1. The molecule has 19 heavy (non-hydrogen) atoms. The summed E-state index contributed by atoms with van der Waals surface area (Å²) in [5, 5.41) is 5.55. The Morgan fingerprint density at radius 2 is 2.37 bits per heavy atom. The molecule has 0 amide bonds. The average Bonchev–Trinajstić information content (AvgIpc) is 2.97. The van der Waals surface area contributed by atoms with Gasteiger partial charge >= 0.3 is 0 Å². The van der Waals surface area contributed by atoms with Crippen LogP contribution in [0, 0.1) is 5.92 Å². The van der Waals surface area contributed by atoms with Crippen LogP contribution in [0.5, 0.6) is 0 Å². The maximum Gasteiger partial charge on any atom is 0.0588 e. The minimum atomic E-state index is 0.384. The molecule has 0 bridgehead atoms. The maximum atomic E-state index is 5.98. The normalized spacial score (nSPS) is 23.3. The van der Waals surface area contributed by atoms with Crippen molar-refractivity contribution < 1.29 is 4.74 Å². The number of hydrogen-bond donors (Lipinski definition) is 2. The molecule has 0 aliphatic carbocycles. The smallest absolute Gasteiger partial charge is 0.0588 e. The Kier molecular flexibility index (Phi) is 3.78. The van der Waals surface area contributed by atoms with Crippen molar-refractivity contribution in [2.45, 2.75) is 26.0 Å². The van der Waals surface area contributed by atoms with Crippen molar-refractivity contribution in [2.75, 3.05) is 13.2 Å². The van der Waals surface area contributed by atoms with Crippen molar-refractivity contribution in [3.8, 4) is 0 Å². The van der Waals surface area contributed by atoms with Gasteiger partial charge in [-0.25, -0.2) is 0 Å². The van der Waals surface area contributed by atoms with Gasteiger partial charge in [0.15, 0.2) is 0 Å². The lowest BCUT2D eigenvalue weighted by Gasteiger charge is -2.14.